The highest BCUT2D eigenvalue weighted by Crippen LogP contribution is 2.47. The van der Waals surface area contributed by atoms with Crippen molar-refractivity contribution in [1.29, 1.82) is 0 Å². The smallest absolute Gasteiger partial charge is 0.202 e. The molecule has 1 heterocycles. The predicted octanol–water partition coefficient (Wildman–Crippen LogP) is 2.43. The fourth-order valence-corrected chi connectivity index (χ4v) is 2.26. The lowest BCUT2D eigenvalue weighted by Crippen LogP contribution is -2.19. The topological polar surface area (TPSA) is 52.0 Å². The zero-order valence-electron chi connectivity index (χ0n) is 9.71. The molecule has 2 aromatic rings. The average molecular weight is 216 g/mol. The van der Waals surface area contributed by atoms with Gasteiger partial charge in [0.2, 0.25) is 5.89 Å². The second-order valence-corrected chi connectivity index (χ2v) is 4.93. The van der Waals surface area contributed by atoms with Crippen molar-refractivity contribution in [2.45, 2.75) is 32.1 Å². The van der Waals surface area contributed by atoms with E-state index in [9.17, 15) is 0 Å². The summed E-state index contributed by atoms with van der Waals surface area (Å²) < 4.78 is 5.88. The summed E-state index contributed by atoms with van der Waals surface area (Å²) in [6.45, 7) is 4.78. The lowest BCUT2D eigenvalue weighted by Gasteiger charge is -2.04. The molecule has 0 atom stereocenters. The van der Waals surface area contributed by atoms with Crippen molar-refractivity contribution >= 4 is 11.1 Å². The van der Waals surface area contributed by atoms with Crippen LogP contribution < -0.4 is 5.73 Å². The molecule has 1 aliphatic rings. The quantitative estimate of drug-likeness (QED) is 0.838. The Kier molecular flexibility index (Phi) is 1.89. The number of fused-ring (bicyclic) bond motifs is 1. The Hall–Kier alpha value is -1.35. The number of aromatic nitrogens is 1. The maximum absolute atomic E-state index is 5.88. The summed E-state index contributed by atoms with van der Waals surface area (Å²) in [5.41, 5.74) is 10.1. The van der Waals surface area contributed by atoms with E-state index in [2.05, 4.69) is 31.0 Å². The average Bonchev–Trinajstić information content (AvgIpc) is 2.93. The Bertz CT molecular complexity index is 552. The first-order chi connectivity index (χ1) is 7.64. The Morgan fingerprint density at radius 3 is 2.75 bits per heavy atom. The number of nitrogens with zero attached hydrogens (tertiary/aromatic N) is 1. The number of nitrogens with two attached hydrogens (primary N) is 1. The Balaban J connectivity index is 2.20. The van der Waals surface area contributed by atoms with Gasteiger partial charge in [0.25, 0.3) is 0 Å². The number of rotatable bonds is 2. The van der Waals surface area contributed by atoms with Crippen molar-refractivity contribution in [3.8, 4) is 0 Å². The van der Waals surface area contributed by atoms with Crippen LogP contribution in [0.25, 0.3) is 11.1 Å². The molecular formula is C13H16N2O. The molecular weight excluding hydrogens is 200 g/mol. The van der Waals surface area contributed by atoms with Crippen LogP contribution in [-0.4, -0.2) is 11.5 Å². The first kappa shape index (κ1) is 9.85. The SMILES string of the molecule is Cc1cc(C)c2oc(C3(CN)CC3)nc2c1. The van der Waals surface area contributed by atoms with Crippen LogP contribution in [0.3, 0.4) is 0 Å². The molecule has 0 unspecified atom stereocenters. The second-order valence-electron chi connectivity index (χ2n) is 4.93. The zero-order valence-corrected chi connectivity index (χ0v) is 9.71. The van der Waals surface area contributed by atoms with E-state index in [0.29, 0.717) is 6.54 Å². The van der Waals surface area contributed by atoms with Crippen LogP contribution in [0.4, 0.5) is 0 Å². The zero-order chi connectivity index (χ0) is 11.3. The fourth-order valence-electron chi connectivity index (χ4n) is 2.26. The van der Waals surface area contributed by atoms with Crippen LogP contribution in [0.1, 0.15) is 29.9 Å². The minimum absolute atomic E-state index is 0.0410. The van der Waals surface area contributed by atoms with Gasteiger partial charge in [0.15, 0.2) is 5.58 Å². The maximum Gasteiger partial charge on any atom is 0.202 e. The highest BCUT2D eigenvalue weighted by molar-refractivity contribution is 5.77. The molecule has 3 rings (SSSR count). The summed E-state index contributed by atoms with van der Waals surface area (Å²) in [5.74, 6) is 0.832. The molecule has 84 valence electrons. The van der Waals surface area contributed by atoms with E-state index in [4.69, 9.17) is 10.2 Å². The molecule has 0 aliphatic heterocycles. The molecule has 2 N–H and O–H groups in total. The molecule has 0 amide bonds. The van der Waals surface area contributed by atoms with Gasteiger partial charge in [-0.15, -0.1) is 0 Å². The maximum atomic E-state index is 5.88. The molecule has 16 heavy (non-hydrogen) atoms. The van der Waals surface area contributed by atoms with Crippen molar-refractivity contribution in [3.63, 3.8) is 0 Å². The van der Waals surface area contributed by atoms with Crippen molar-refractivity contribution in [1.82, 2.24) is 4.98 Å². The summed E-state index contributed by atoms with van der Waals surface area (Å²) in [5, 5.41) is 0. The van der Waals surface area contributed by atoms with E-state index in [1.165, 1.54) is 5.56 Å². The van der Waals surface area contributed by atoms with Crippen LogP contribution >= 0.6 is 0 Å². The number of oxazole rings is 1. The second kappa shape index (κ2) is 3.08. The molecule has 1 aliphatic carbocycles. The van der Waals surface area contributed by atoms with Crippen LogP contribution in [0.2, 0.25) is 0 Å². The summed E-state index contributed by atoms with van der Waals surface area (Å²) in [6.07, 6.45) is 2.21. The van der Waals surface area contributed by atoms with Crippen LogP contribution in [-0.2, 0) is 5.41 Å². The monoisotopic (exact) mass is 216 g/mol. The Morgan fingerprint density at radius 2 is 2.12 bits per heavy atom. The molecule has 1 saturated carbocycles. The highest BCUT2D eigenvalue weighted by Gasteiger charge is 2.47. The summed E-state index contributed by atoms with van der Waals surface area (Å²) in [6, 6.07) is 4.20. The van der Waals surface area contributed by atoms with E-state index in [0.717, 1.165) is 35.4 Å². The fraction of sp³-hybridized carbons (Fsp3) is 0.462. The summed E-state index contributed by atoms with van der Waals surface area (Å²) >= 11 is 0. The van der Waals surface area contributed by atoms with E-state index in [-0.39, 0.29) is 5.41 Å². The first-order valence-electron chi connectivity index (χ1n) is 5.73. The first-order valence-corrected chi connectivity index (χ1v) is 5.73. The van der Waals surface area contributed by atoms with Crippen molar-refractivity contribution in [3.05, 3.63) is 29.2 Å². The minimum atomic E-state index is 0.0410. The van der Waals surface area contributed by atoms with Crippen molar-refractivity contribution in [2.75, 3.05) is 6.54 Å². The largest absolute Gasteiger partial charge is 0.440 e. The summed E-state index contributed by atoms with van der Waals surface area (Å²) in [7, 11) is 0. The van der Waals surface area contributed by atoms with Crippen molar-refractivity contribution < 1.29 is 4.42 Å². The third kappa shape index (κ3) is 1.28. The van der Waals surface area contributed by atoms with Gasteiger partial charge in [0.05, 0.1) is 5.41 Å². The molecule has 3 nitrogen and oxygen atoms in total. The van der Waals surface area contributed by atoms with Crippen molar-refractivity contribution in [2.24, 2.45) is 5.73 Å². The molecule has 0 spiro atoms. The van der Waals surface area contributed by atoms with Gasteiger partial charge in [-0.3, -0.25) is 0 Å². The van der Waals surface area contributed by atoms with Gasteiger partial charge in [-0.05, 0) is 43.9 Å². The molecule has 0 radical (unpaired) electrons. The van der Waals surface area contributed by atoms with Crippen LogP contribution in [0.15, 0.2) is 16.5 Å². The molecule has 3 heteroatoms. The van der Waals surface area contributed by atoms with Gasteiger partial charge < -0.3 is 10.2 Å². The van der Waals surface area contributed by atoms with Gasteiger partial charge in [0, 0.05) is 6.54 Å². The Labute approximate surface area is 94.7 Å². The van der Waals surface area contributed by atoms with E-state index >= 15 is 0 Å². The number of hydrogen-bond acceptors (Lipinski definition) is 3. The van der Waals surface area contributed by atoms with E-state index < -0.39 is 0 Å². The Morgan fingerprint density at radius 1 is 1.38 bits per heavy atom. The standard InChI is InChI=1S/C13H16N2O/c1-8-5-9(2)11-10(6-8)15-12(16-11)13(7-14)3-4-13/h5-6H,3-4,7,14H2,1-2H3. The number of aryl methyl sites for hydroxylation is 2. The van der Waals surface area contributed by atoms with E-state index in [1.807, 2.05) is 0 Å². The highest BCUT2D eigenvalue weighted by atomic mass is 16.4. The van der Waals surface area contributed by atoms with Gasteiger partial charge in [-0.2, -0.15) is 0 Å². The van der Waals surface area contributed by atoms with Gasteiger partial charge >= 0.3 is 0 Å². The lowest BCUT2D eigenvalue weighted by atomic mass is 10.1. The lowest BCUT2D eigenvalue weighted by molar-refractivity contribution is 0.461. The summed E-state index contributed by atoms with van der Waals surface area (Å²) in [4.78, 5) is 4.59. The van der Waals surface area contributed by atoms with E-state index in [1.54, 1.807) is 0 Å². The molecule has 1 aromatic heterocycles. The van der Waals surface area contributed by atoms with Gasteiger partial charge in [-0.1, -0.05) is 6.07 Å². The molecule has 0 saturated heterocycles. The molecule has 1 aromatic carbocycles. The van der Waals surface area contributed by atoms with Gasteiger partial charge in [0.1, 0.15) is 5.52 Å². The third-order valence-electron chi connectivity index (χ3n) is 3.52. The minimum Gasteiger partial charge on any atom is -0.440 e. The van der Waals surface area contributed by atoms with Crippen LogP contribution in [0, 0.1) is 13.8 Å². The number of hydrogen-bond donors (Lipinski definition) is 1. The normalized spacial score (nSPS) is 17.9. The number of benzene rings is 1. The molecule has 0 bridgehead atoms. The third-order valence-corrected chi connectivity index (χ3v) is 3.52. The molecule has 1 fully saturated rings. The van der Waals surface area contributed by atoms with Crippen LogP contribution in [0.5, 0.6) is 0 Å². The van der Waals surface area contributed by atoms with Gasteiger partial charge in [-0.25, -0.2) is 4.98 Å². The predicted molar refractivity (Wildman–Crippen MR) is 63.4 cm³/mol.